The largest absolute Gasteiger partial charge is 0.296 e. The summed E-state index contributed by atoms with van der Waals surface area (Å²) in [6, 6.07) is 0. The maximum atomic E-state index is 12.3. The number of carbonyl (C=O) groups excluding carboxylic acids is 1. The molecule has 3 nitrogen and oxygen atoms in total. The summed E-state index contributed by atoms with van der Waals surface area (Å²) in [4.78, 5) is 18.0. The summed E-state index contributed by atoms with van der Waals surface area (Å²) in [6.45, 7) is 12.4. The van der Waals surface area contributed by atoms with E-state index in [1.165, 1.54) is 0 Å². The van der Waals surface area contributed by atoms with E-state index in [1.807, 2.05) is 13.8 Å². The molecular weight excluding hydrogens is 232 g/mol. The van der Waals surface area contributed by atoms with Crippen molar-refractivity contribution in [2.45, 2.75) is 65.3 Å². The number of Topliss-reactive ketones (excluding diaryl/α,β-unsaturated/α-hetero) is 1. The Labute approximate surface area is 106 Å². The molecule has 0 spiro atoms. The maximum Gasteiger partial charge on any atom is 0.230 e. The molecule has 0 bridgehead atoms. The van der Waals surface area contributed by atoms with Crippen LogP contribution in [0, 0.1) is 11.8 Å². The average molecular weight is 258 g/mol. The van der Waals surface area contributed by atoms with E-state index in [0.29, 0.717) is 12.3 Å². The monoisotopic (exact) mass is 258 g/mol. The van der Waals surface area contributed by atoms with Crippen LogP contribution in [0.4, 0.5) is 0 Å². The van der Waals surface area contributed by atoms with Gasteiger partial charge in [-0.15, -0.1) is 0 Å². The van der Waals surface area contributed by atoms with Crippen molar-refractivity contribution in [3.63, 3.8) is 0 Å². The third kappa shape index (κ3) is 3.63. The normalized spacial score (nSPS) is 31.0. The number of ketones is 1. The van der Waals surface area contributed by atoms with E-state index in [4.69, 9.17) is 9.46 Å². The zero-order chi connectivity index (χ0) is 13.3. The maximum absolute atomic E-state index is 12.3. The van der Waals surface area contributed by atoms with Gasteiger partial charge in [0.05, 0.1) is 0 Å². The molecule has 0 radical (unpaired) electrons. The van der Waals surface area contributed by atoms with Crippen LogP contribution in [0.2, 0.25) is 19.6 Å². The summed E-state index contributed by atoms with van der Waals surface area (Å²) < 4.78 is 5.56. The number of hydrogen-bond donors (Lipinski definition) is 0. The van der Waals surface area contributed by atoms with Crippen molar-refractivity contribution in [3.8, 4) is 0 Å². The van der Waals surface area contributed by atoms with Crippen LogP contribution in [0.5, 0.6) is 0 Å². The molecule has 0 aliphatic heterocycles. The first-order valence-corrected chi connectivity index (χ1v) is 9.98. The molecular formula is C13H26O3Si. The summed E-state index contributed by atoms with van der Waals surface area (Å²) in [6.07, 6.45) is 2.45. The first-order valence-electron chi connectivity index (χ1n) is 6.57. The quantitative estimate of drug-likeness (QED) is 0.439. The van der Waals surface area contributed by atoms with Crippen LogP contribution in [0.25, 0.3) is 0 Å². The fraction of sp³-hybridized carbons (Fsp3) is 0.923. The summed E-state index contributed by atoms with van der Waals surface area (Å²) in [5.74, 6) is 0.855. The van der Waals surface area contributed by atoms with Crippen LogP contribution in [-0.2, 0) is 14.3 Å². The molecule has 0 aromatic heterocycles. The van der Waals surface area contributed by atoms with Crippen molar-refractivity contribution >= 4 is 14.1 Å². The average Bonchev–Trinajstić information content (AvgIpc) is 2.15. The zero-order valence-electron chi connectivity index (χ0n) is 12.0. The summed E-state index contributed by atoms with van der Waals surface area (Å²) >= 11 is 0. The van der Waals surface area contributed by atoms with Gasteiger partial charge in [-0.3, -0.25) is 9.37 Å². The minimum atomic E-state index is -1.76. The summed E-state index contributed by atoms with van der Waals surface area (Å²) in [5, 5.41) is 0. The van der Waals surface area contributed by atoms with Gasteiger partial charge >= 0.3 is 0 Å². The second-order valence-electron chi connectivity index (χ2n) is 6.59. The van der Waals surface area contributed by atoms with Crippen molar-refractivity contribution in [2.75, 3.05) is 0 Å². The number of carbonyl (C=O) groups is 1. The predicted octanol–water partition coefficient (Wildman–Crippen LogP) is 3.55. The molecule has 1 rings (SSSR count). The number of hydrogen-bond acceptors (Lipinski definition) is 3. The molecule has 1 fully saturated rings. The molecule has 1 aliphatic rings. The molecule has 0 unspecified atom stereocenters. The van der Waals surface area contributed by atoms with Crippen LogP contribution in [0.15, 0.2) is 0 Å². The van der Waals surface area contributed by atoms with Gasteiger partial charge in [0.25, 0.3) is 0 Å². The van der Waals surface area contributed by atoms with Crippen molar-refractivity contribution in [1.29, 1.82) is 0 Å². The fourth-order valence-electron chi connectivity index (χ4n) is 2.19. The molecule has 1 saturated carbocycles. The third-order valence-electron chi connectivity index (χ3n) is 3.39. The van der Waals surface area contributed by atoms with Crippen molar-refractivity contribution in [2.24, 2.45) is 11.8 Å². The molecule has 0 saturated heterocycles. The van der Waals surface area contributed by atoms with E-state index in [1.54, 1.807) is 0 Å². The number of rotatable bonds is 4. The standard InChI is InChI=1S/C13H26O3Si/c1-10(2)13(15-16-17(4,5)6)8-7-11(3)9-12(13)14/h10-11H,7-9H2,1-6H3/t11-,13-/m1/s1. The van der Waals surface area contributed by atoms with Gasteiger partial charge in [-0.1, -0.05) is 20.8 Å². The second-order valence-corrected chi connectivity index (χ2v) is 11.0. The van der Waals surface area contributed by atoms with Crippen LogP contribution in [-0.4, -0.2) is 19.7 Å². The predicted molar refractivity (Wildman–Crippen MR) is 71.1 cm³/mol. The van der Waals surface area contributed by atoms with Crippen molar-refractivity contribution in [3.05, 3.63) is 0 Å². The van der Waals surface area contributed by atoms with E-state index < -0.39 is 13.9 Å². The summed E-state index contributed by atoms with van der Waals surface area (Å²) in [7, 11) is -1.76. The highest BCUT2D eigenvalue weighted by molar-refractivity contribution is 6.69. The van der Waals surface area contributed by atoms with E-state index in [2.05, 4.69) is 26.6 Å². The summed E-state index contributed by atoms with van der Waals surface area (Å²) in [5.41, 5.74) is -0.702. The van der Waals surface area contributed by atoms with Gasteiger partial charge in [0, 0.05) is 6.42 Å². The van der Waals surface area contributed by atoms with E-state index in [9.17, 15) is 4.79 Å². The fourth-order valence-corrected chi connectivity index (χ4v) is 2.58. The highest BCUT2D eigenvalue weighted by Crippen LogP contribution is 2.38. The van der Waals surface area contributed by atoms with Gasteiger partial charge in [0.2, 0.25) is 8.32 Å². The lowest BCUT2D eigenvalue weighted by atomic mass is 9.73. The lowest BCUT2D eigenvalue weighted by Gasteiger charge is -2.40. The molecule has 2 atom stereocenters. The van der Waals surface area contributed by atoms with Gasteiger partial charge in [-0.05, 0) is 44.3 Å². The van der Waals surface area contributed by atoms with Gasteiger partial charge in [0.1, 0.15) is 0 Å². The van der Waals surface area contributed by atoms with E-state index in [-0.39, 0.29) is 11.7 Å². The first kappa shape index (κ1) is 14.9. The molecule has 1 aliphatic carbocycles. The van der Waals surface area contributed by atoms with Gasteiger partial charge in [-0.2, -0.15) is 0 Å². The van der Waals surface area contributed by atoms with Crippen molar-refractivity contribution < 1.29 is 14.3 Å². The van der Waals surface area contributed by atoms with Gasteiger partial charge in [-0.25, -0.2) is 4.89 Å². The Balaban J connectivity index is 2.79. The molecule has 4 heteroatoms. The molecule has 0 amide bonds. The minimum absolute atomic E-state index is 0.166. The van der Waals surface area contributed by atoms with Crippen LogP contribution >= 0.6 is 0 Å². The van der Waals surface area contributed by atoms with Crippen LogP contribution in [0.1, 0.15) is 40.0 Å². The Morgan fingerprint density at radius 2 is 1.94 bits per heavy atom. The second kappa shape index (κ2) is 5.20. The van der Waals surface area contributed by atoms with Crippen LogP contribution < -0.4 is 0 Å². The Morgan fingerprint density at radius 1 is 1.35 bits per heavy atom. The molecule has 17 heavy (non-hydrogen) atoms. The SMILES string of the molecule is CC(C)[C@]1(OO[Si](C)(C)C)CC[C@@H](C)CC1=O. The van der Waals surface area contributed by atoms with Crippen molar-refractivity contribution in [1.82, 2.24) is 0 Å². The highest BCUT2D eigenvalue weighted by Gasteiger charge is 2.47. The van der Waals surface area contributed by atoms with Gasteiger partial charge in [0.15, 0.2) is 11.4 Å². The Bertz CT molecular complexity index is 283. The lowest BCUT2D eigenvalue weighted by Crippen LogP contribution is -2.51. The van der Waals surface area contributed by atoms with Crippen LogP contribution in [0.3, 0.4) is 0 Å². The molecule has 0 aromatic carbocycles. The molecule has 0 aromatic rings. The van der Waals surface area contributed by atoms with E-state index >= 15 is 0 Å². The highest BCUT2D eigenvalue weighted by atomic mass is 28.4. The van der Waals surface area contributed by atoms with Gasteiger partial charge < -0.3 is 0 Å². The molecule has 100 valence electrons. The Kier molecular flexibility index (Phi) is 4.55. The topological polar surface area (TPSA) is 35.5 Å². The lowest BCUT2D eigenvalue weighted by molar-refractivity contribution is -0.307. The zero-order valence-corrected chi connectivity index (χ0v) is 13.0. The first-order chi connectivity index (χ1) is 7.67. The Hall–Kier alpha value is -0.193. The smallest absolute Gasteiger partial charge is 0.230 e. The molecule has 0 heterocycles. The molecule has 0 N–H and O–H groups in total. The third-order valence-corrected chi connectivity index (χ3v) is 3.97. The Morgan fingerprint density at radius 3 is 2.35 bits per heavy atom. The minimum Gasteiger partial charge on any atom is -0.296 e. The van der Waals surface area contributed by atoms with E-state index in [0.717, 1.165) is 12.8 Å².